The fourth-order valence-electron chi connectivity index (χ4n) is 3.47. The summed E-state index contributed by atoms with van der Waals surface area (Å²) in [6.07, 6.45) is -0.100. The van der Waals surface area contributed by atoms with E-state index >= 15 is 0 Å². The number of aromatic nitrogens is 1. The minimum Gasteiger partial charge on any atom is -0.497 e. The Morgan fingerprint density at radius 1 is 0.967 bits per heavy atom. The van der Waals surface area contributed by atoms with Crippen LogP contribution in [-0.2, 0) is 7.05 Å². The number of benzene rings is 2. The van der Waals surface area contributed by atoms with Crippen molar-refractivity contribution in [2.45, 2.75) is 13.0 Å². The van der Waals surface area contributed by atoms with Crippen LogP contribution < -0.4 is 15.0 Å². The lowest BCUT2D eigenvalue weighted by Crippen LogP contribution is -2.56. The van der Waals surface area contributed by atoms with Gasteiger partial charge in [0.25, 0.3) is 11.5 Å². The number of pyridine rings is 1. The summed E-state index contributed by atoms with van der Waals surface area (Å²) >= 11 is 0. The van der Waals surface area contributed by atoms with Crippen LogP contribution in [0, 0.1) is 6.92 Å². The van der Waals surface area contributed by atoms with Crippen LogP contribution in [0.5, 0.6) is 11.5 Å². The Bertz CT molecular complexity index is 1130. The van der Waals surface area contributed by atoms with Gasteiger partial charge in [-0.2, -0.15) is 0 Å². The molecule has 154 valence electrons. The fourth-order valence-corrected chi connectivity index (χ4v) is 3.47. The molecule has 6 heteroatoms. The summed E-state index contributed by atoms with van der Waals surface area (Å²) in [7, 11) is 3.37. The summed E-state index contributed by atoms with van der Waals surface area (Å²) in [6, 6.07) is 18.7. The third-order valence-electron chi connectivity index (χ3n) is 5.45. The van der Waals surface area contributed by atoms with E-state index in [1.54, 1.807) is 23.6 Å². The highest BCUT2D eigenvalue weighted by Gasteiger charge is 2.33. The minimum absolute atomic E-state index is 0.0211. The predicted octanol–water partition coefficient (Wildman–Crippen LogP) is 3.27. The fraction of sp³-hybridized carbons (Fsp3) is 0.250. The molecule has 0 saturated carbocycles. The topological polar surface area (TPSA) is 60.8 Å². The number of hydrogen-bond donors (Lipinski definition) is 0. The molecule has 1 fully saturated rings. The Morgan fingerprint density at radius 2 is 1.70 bits per heavy atom. The number of hydrogen-bond acceptors (Lipinski definition) is 4. The maximum Gasteiger partial charge on any atom is 0.254 e. The SMILES string of the molecule is COc1cccc(-c2ccc(C(=O)N3CC(Oc4cc(C)n(C)c(=O)c4)C3)cc2)c1. The van der Waals surface area contributed by atoms with Crippen molar-refractivity contribution >= 4 is 5.91 Å². The van der Waals surface area contributed by atoms with Crippen molar-refractivity contribution in [1.29, 1.82) is 0 Å². The van der Waals surface area contributed by atoms with E-state index in [1.807, 2.05) is 61.5 Å². The quantitative estimate of drug-likeness (QED) is 0.655. The Kier molecular flexibility index (Phi) is 5.31. The van der Waals surface area contributed by atoms with Gasteiger partial charge in [-0.25, -0.2) is 0 Å². The van der Waals surface area contributed by atoms with E-state index < -0.39 is 0 Å². The van der Waals surface area contributed by atoms with Gasteiger partial charge in [-0.3, -0.25) is 9.59 Å². The maximum absolute atomic E-state index is 12.7. The third-order valence-corrected chi connectivity index (χ3v) is 5.45. The van der Waals surface area contributed by atoms with Crippen molar-refractivity contribution in [2.75, 3.05) is 20.2 Å². The van der Waals surface area contributed by atoms with Gasteiger partial charge in [-0.05, 0) is 48.4 Å². The molecule has 0 aliphatic carbocycles. The number of methoxy groups -OCH3 is 1. The summed E-state index contributed by atoms with van der Waals surface area (Å²) in [5, 5.41) is 0. The van der Waals surface area contributed by atoms with Crippen LogP contribution in [0.25, 0.3) is 11.1 Å². The van der Waals surface area contributed by atoms with Crippen LogP contribution in [0.1, 0.15) is 16.1 Å². The van der Waals surface area contributed by atoms with Gasteiger partial charge in [0.2, 0.25) is 0 Å². The Hall–Kier alpha value is -3.54. The highest BCUT2D eigenvalue weighted by atomic mass is 16.5. The number of amides is 1. The van der Waals surface area contributed by atoms with Gasteiger partial charge in [0.05, 0.1) is 20.2 Å². The van der Waals surface area contributed by atoms with Crippen molar-refractivity contribution < 1.29 is 14.3 Å². The molecule has 1 aromatic heterocycles. The second-order valence-electron chi connectivity index (χ2n) is 7.49. The first kappa shape index (κ1) is 19.8. The van der Waals surface area contributed by atoms with Crippen LogP contribution >= 0.6 is 0 Å². The highest BCUT2D eigenvalue weighted by Crippen LogP contribution is 2.25. The molecular weight excluding hydrogens is 380 g/mol. The maximum atomic E-state index is 12.7. The first-order chi connectivity index (χ1) is 14.4. The molecule has 0 atom stereocenters. The predicted molar refractivity (Wildman–Crippen MR) is 115 cm³/mol. The van der Waals surface area contributed by atoms with Crippen molar-refractivity contribution in [2.24, 2.45) is 7.05 Å². The van der Waals surface area contributed by atoms with Crippen LogP contribution in [-0.4, -0.2) is 41.7 Å². The Labute approximate surface area is 175 Å². The van der Waals surface area contributed by atoms with Gasteiger partial charge in [-0.15, -0.1) is 0 Å². The van der Waals surface area contributed by atoms with Gasteiger partial charge in [-0.1, -0.05) is 24.3 Å². The molecule has 0 radical (unpaired) electrons. The van der Waals surface area contributed by atoms with Crippen molar-refractivity contribution in [1.82, 2.24) is 9.47 Å². The second kappa shape index (κ2) is 8.06. The molecule has 0 spiro atoms. The van der Waals surface area contributed by atoms with Gasteiger partial charge >= 0.3 is 0 Å². The van der Waals surface area contributed by atoms with Crippen LogP contribution in [0.15, 0.2) is 65.5 Å². The van der Waals surface area contributed by atoms with E-state index in [0.29, 0.717) is 24.4 Å². The molecule has 2 aromatic carbocycles. The number of carbonyl (C=O) groups is 1. The first-order valence-electron chi connectivity index (χ1n) is 9.82. The highest BCUT2D eigenvalue weighted by molar-refractivity contribution is 5.95. The zero-order valence-corrected chi connectivity index (χ0v) is 17.3. The lowest BCUT2D eigenvalue weighted by Gasteiger charge is -2.39. The number of nitrogens with zero attached hydrogens (tertiary/aromatic N) is 2. The van der Waals surface area contributed by atoms with Gasteiger partial charge in [0.15, 0.2) is 0 Å². The minimum atomic E-state index is -0.103. The summed E-state index contributed by atoms with van der Waals surface area (Å²) in [4.78, 5) is 26.4. The molecule has 1 aliphatic heterocycles. The number of rotatable bonds is 5. The van der Waals surface area contributed by atoms with Crippen LogP contribution in [0.4, 0.5) is 0 Å². The lowest BCUT2D eigenvalue weighted by molar-refractivity contribution is 0.0176. The summed E-state index contributed by atoms with van der Waals surface area (Å²) < 4.78 is 12.7. The first-order valence-corrected chi connectivity index (χ1v) is 9.82. The molecule has 1 saturated heterocycles. The van der Waals surface area contributed by atoms with E-state index in [2.05, 4.69) is 0 Å². The number of aryl methyl sites for hydroxylation is 1. The average molecular weight is 404 g/mol. The average Bonchev–Trinajstić information content (AvgIpc) is 2.74. The zero-order valence-electron chi connectivity index (χ0n) is 17.3. The largest absolute Gasteiger partial charge is 0.497 e. The zero-order chi connectivity index (χ0) is 21.3. The van der Waals surface area contributed by atoms with Crippen molar-refractivity contribution in [3.63, 3.8) is 0 Å². The van der Waals surface area contributed by atoms with Crippen molar-refractivity contribution in [3.05, 3.63) is 82.3 Å². The number of likely N-dealkylation sites (tertiary alicyclic amines) is 1. The lowest BCUT2D eigenvalue weighted by atomic mass is 10.0. The number of ether oxygens (including phenoxy) is 2. The standard InChI is InChI=1S/C24H24N2O4/c1-16-11-21(13-23(27)25(16)2)30-22-14-26(15-22)24(28)18-9-7-17(8-10-18)19-5-4-6-20(12-19)29-3/h4-13,22H,14-15H2,1-3H3. The molecule has 0 bridgehead atoms. The Balaban J connectivity index is 1.37. The molecular formula is C24H24N2O4. The molecule has 0 unspecified atom stereocenters. The van der Waals surface area contributed by atoms with E-state index in [-0.39, 0.29) is 17.6 Å². The van der Waals surface area contributed by atoms with E-state index in [9.17, 15) is 9.59 Å². The molecule has 3 aromatic rings. The smallest absolute Gasteiger partial charge is 0.254 e. The molecule has 1 amide bonds. The molecule has 6 nitrogen and oxygen atoms in total. The summed E-state index contributed by atoms with van der Waals surface area (Å²) in [6.45, 7) is 2.87. The van der Waals surface area contributed by atoms with Gasteiger partial charge < -0.3 is 18.9 Å². The summed E-state index contributed by atoms with van der Waals surface area (Å²) in [5.74, 6) is 1.33. The normalized spacial score (nSPS) is 13.6. The van der Waals surface area contributed by atoms with E-state index in [0.717, 1.165) is 22.6 Å². The third kappa shape index (κ3) is 3.94. The second-order valence-corrected chi connectivity index (χ2v) is 7.49. The van der Waals surface area contributed by atoms with Gasteiger partial charge in [0, 0.05) is 24.4 Å². The van der Waals surface area contributed by atoms with Crippen molar-refractivity contribution in [3.8, 4) is 22.6 Å². The summed E-state index contributed by atoms with van der Waals surface area (Å²) in [5.41, 5.74) is 3.44. The number of carbonyl (C=O) groups excluding carboxylic acids is 1. The van der Waals surface area contributed by atoms with Crippen LogP contribution in [0.2, 0.25) is 0 Å². The van der Waals surface area contributed by atoms with Gasteiger partial charge in [0.1, 0.15) is 17.6 Å². The molecule has 4 rings (SSSR count). The van der Waals surface area contributed by atoms with E-state index in [1.165, 1.54) is 6.07 Å². The molecule has 1 aliphatic rings. The van der Waals surface area contributed by atoms with E-state index in [4.69, 9.17) is 9.47 Å². The van der Waals surface area contributed by atoms with Crippen LogP contribution in [0.3, 0.4) is 0 Å². The molecule has 0 N–H and O–H groups in total. The Morgan fingerprint density at radius 3 is 2.37 bits per heavy atom. The molecule has 30 heavy (non-hydrogen) atoms. The molecule has 2 heterocycles. The monoisotopic (exact) mass is 404 g/mol.